The van der Waals surface area contributed by atoms with Gasteiger partial charge in [-0.1, -0.05) is 19.0 Å². The Morgan fingerprint density at radius 2 is 1.96 bits per heavy atom. The van der Waals surface area contributed by atoms with Crippen LogP contribution < -0.4 is 10.2 Å². The molecule has 2 aromatic rings. The number of nitrogens with zero attached hydrogens (tertiary/aromatic N) is 6. The Morgan fingerprint density at radius 1 is 1.22 bits per heavy atom. The summed E-state index contributed by atoms with van der Waals surface area (Å²) in [4.78, 5) is 29.2. The van der Waals surface area contributed by atoms with Crippen molar-refractivity contribution < 1.29 is 9.32 Å². The minimum atomic E-state index is -0.190. The Bertz CT molecular complexity index is 831. The molecule has 146 valence electrons. The summed E-state index contributed by atoms with van der Waals surface area (Å²) in [5.74, 6) is 2.83. The maximum absolute atomic E-state index is 11.8. The van der Waals surface area contributed by atoms with E-state index in [0.29, 0.717) is 37.2 Å². The lowest BCUT2D eigenvalue weighted by molar-refractivity contribution is -0.129. The molecule has 1 amide bonds. The number of aromatic nitrogens is 4. The first-order chi connectivity index (χ1) is 12.8. The molecule has 3 rings (SSSR count). The van der Waals surface area contributed by atoms with Gasteiger partial charge < -0.3 is 19.6 Å². The second-order valence-corrected chi connectivity index (χ2v) is 7.39. The predicted octanol–water partition coefficient (Wildman–Crippen LogP) is 2.13. The number of fused-ring (bicyclic) bond motifs is 1. The first-order valence-electron chi connectivity index (χ1n) is 9.19. The minimum absolute atomic E-state index is 0.0561. The van der Waals surface area contributed by atoms with Crippen molar-refractivity contribution in [3.63, 3.8) is 0 Å². The highest BCUT2D eigenvalue weighted by atomic mass is 16.5. The van der Waals surface area contributed by atoms with Gasteiger partial charge in [-0.25, -0.2) is 4.98 Å². The van der Waals surface area contributed by atoms with Gasteiger partial charge in [0.15, 0.2) is 5.82 Å². The highest BCUT2D eigenvalue weighted by Crippen LogP contribution is 2.28. The van der Waals surface area contributed by atoms with Crippen molar-refractivity contribution in [2.24, 2.45) is 0 Å². The van der Waals surface area contributed by atoms with E-state index in [-0.39, 0.29) is 17.9 Å². The highest BCUT2D eigenvalue weighted by Gasteiger charge is 2.26. The van der Waals surface area contributed by atoms with E-state index in [1.165, 1.54) is 0 Å². The molecule has 1 aliphatic heterocycles. The van der Waals surface area contributed by atoms with E-state index in [2.05, 4.69) is 25.4 Å². The monoisotopic (exact) mass is 373 g/mol. The molecular weight excluding hydrogens is 346 g/mol. The molecule has 0 radical (unpaired) electrons. The van der Waals surface area contributed by atoms with Crippen LogP contribution in [-0.2, 0) is 17.8 Å². The molecule has 1 atom stereocenters. The first kappa shape index (κ1) is 19.1. The van der Waals surface area contributed by atoms with Gasteiger partial charge >= 0.3 is 0 Å². The van der Waals surface area contributed by atoms with E-state index in [9.17, 15) is 4.79 Å². The van der Waals surface area contributed by atoms with Gasteiger partial charge in [-0.2, -0.15) is 9.97 Å². The first-order valence-corrected chi connectivity index (χ1v) is 9.19. The van der Waals surface area contributed by atoms with Crippen molar-refractivity contribution in [1.82, 2.24) is 25.0 Å². The van der Waals surface area contributed by atoms with Gasteiger partial charge in [0.25, 0.3) is 0 Å². The fourth-order valence-electron chi connectivity index (χ4n) is 2.93. The number of hydrogen-bond donors (Lipinski definition) is 1. The zero-order valence-electron chi connectivity index (χ0n) is 16.8. The van der Waals surface area contributed by atoms with E-state index >= 15 is 0 Å². The molecule has 3 heterocycles. The largest absolute Gasteiger partial charge is 0.358 e. The molecule has 1 N–H and O–H groups in total. The molecule has 0 spiro atoms. The van der Waals surface area contributed by atoms with Crippen LogP contribution in [0.2, 0.25) is 0 Å². The summed E-state index contributed by atoms with van der Waals surface area (Å²) >= 11 is 0. The normalized spacial score (nSPS) is 14.9. The summed E-state index contributed by atoms with van der Waals surface area (Å²) in [6, 6.07) is -0.190. The smallest absolute Gasteiger partial charge is 0.248 e. The average Bonchev–Trinajstić information content (AvgIpc) is 3.11. The van der Waals surface area contributed by atoms with Crippen molar-refractivity contribution in [2.75, 3.05) is 30.9 Å². The van der Waals surface area contributed by atoms with E-state index in [1.807, 2.05) is 39.8 Å². The van der Waals surface area contributed by atoms with Crippen molar-refractivity contribution in [3.8, 4) is 0 Å². The van der Waals surface area contributed by atoms with Crippen LogP contribution in [0.25, 0.3) is 0 Å². The second-order valence-electron chi connectivity index (χ2n) is 7.39. The van der Waals surface area contributed by atoms with Crippen LogP contribution in [0.5, 0.6) is 0 Å². The van der Waals surface area contributed by atoms with Crippen molar-refractivity contribution in [3.05, 3.63) is 23.0 Å². The number of amides is 1. The Hall–Kier alpha value is -2.71. The SMILES string of the molecule is CC(=O)N1CCc2c(nc(N(C)C)nc2NC(C)c2nc(C(C)C)no2)C1. The molecular formula is C18H27N7O2. The van der Waals surface area contributed by atoms with Crippen LogP contribution in [0.15, 0.2) is 4.52 Å². The molecule has 9 heteroatoms. The fourth-order valence-corrected chi connectivity index (χ4v) is 2.93. The number of rotatable bonds is 5. The maximum atomic E-state index is 11.8. The van der Waals surface area contributed by atoms with Crippen LogP contribution >= 0.6 is 0 Å². The molecule has 1 unspecified atom stereocenters. The Kier molecular flexibility index (Phi) is 5.29. The van der Waals surface area contributed by atoms with Gasteiger partial charge in [-0.3, -0.25) is 4.79 Å². The van der Waals surface area contributed by atoms with Gasteiger partial charge in [0.2, 0.25) is 17.7 Å². The number of carbonyl (C=O) groups is 1. The quantitative estimate of drug-likeness (QED) is 0.851. The van der Waals surface area contributed by atoms with E-state index in [1.54, 1.807) is 11.8 Å². The molecule has 9 nitrogen and oxygen atoms in total. The number of hydrogen-bond acceptors (Lipinski definition) is 8. The summed E-state index contributed by atoms with van der Waals surface area (Å²) in [6.45, 7) is 8.76. The van der Waals surface area contributed by atoms with Crippen LogP contribution in [-0.4, -0.2) is 51.6 Å². The number of nitrogens with one attached hydrogen (secondary N) is 1. The van der Waals surface area contributed by atoms with E-state index in [4.69, 9.17) is 4.52 Å². The van der Waals surface area contributed by atoms with Crippen LogP contribution in [0.3, 0.4) is 0 Å². The molecule has 2 aromatic heterocycles. The molecule has 0 bridgehead atoms. The second kappa shape index (κ2) is 7.50. The zero-order valence-corrected chi connectivity index (χ0v) is 16.8. The van der Waals surface area contributed by atoms with Crippen molar-refractivity contribution in [1.29, 1.82) is 0 Å². The summed E-state index contributed by atoms with van der Waals surface area (Å²) < 4.78 is 5.40. The molecule has 0 saturated carbocycles. The van der Waals surface area contributed by atoms with E-state index < -0.39 is 0 Å². The molecule has 27 heavy (non-hydrogen) atoms. The standard InChI is InChI=1S/C18H27N7O2/c1-10(2)15-21-17(27-23-15)11(3)19-16-13-7-8-25(12(4)26)9-14(13)20-18(22-16)24(5)6/h10-11H,7-9H2,1-6H3,(H,19,20,22). The third kappa shape index (κ3) is 4.01. The fraction of sp³-hybridized carbons (Fsp3) is 0.611. The van der Waals surface area contributed by atoms with Crippen molar-refractivity contribution in [2.45, 2.75) is 52.6 Å². The third-order valence-corrected chi connectivity index (χ3v) is 4.60. The molecule has 0 saturated heterocycles. The maximum Gasteiger partial charge on any atom is 0.248 e. The van der Waals surface area contributed by atoms with Gasteiger partial charge in [-0.15, -0.1) is 0 Å². The van der Waals surface area contributed by atoms with Crippen LogP contribution in [0.1, 0.15) is 62.6 Å². The number of anilines is 2. The summed E-state index contributed by atoms with van der Waals surface area (Å²) in [7, 11) is 3.79. The summed E-state index contributed by atoms with van der Waals surface area (Å²) in [5.41, 5.74) is 1.91. The lowest BCUT2D eigenvalue weighted by atomic mass is 10.0. The average molecular weight is 373 g/mol. The number of carbonyl (C=O) groups excluding carboxylic acids is 1. The van der Waals surface area contributed by atoms with Gasteiger partial charge in [0.05, 0.1) is 12.2 Å². The minimum Gasteiger partial charge on any atom is -0.358 e. The molecule has 0 aliphatic carbocycles. The molecule has 0 aromatic carbocycles. The highest BCUT2D eigenvalue weighted by molar-refractivity contribution is 5.73. The Morgan fingerprint density at radius 3 is 2.56 bits per heavy atom. The van der Waals surface area contributed by atoms with Crippen LogP contribution in [0.4, 0.5) is 11.8 Å². The lowest BCUT2D eigenvalue weighted by Crippen LogP contribution is -2.36. The Balaban J connectivity index is 1.90. The predicted molar refractivity (Wildman–Crippen MR) is 102 cm³/mol. The van der Waals surface area contributed by atoms with Gasteiger partial charge in [0.1, 0.15) is 11.9 Å². The third-order valence-electron chi connectivity index (χ3n) is 4.60. The van der Waals surface area contributed by atoms with E-state index in [0.717, 1.165) is 17.1 Å². The molecule has 0 fully saturated rings. The van der Waals surface area contributed by atoms with Crippen LogP contribution in [0, 0.1) is 0 Å². The summed E-state index contributed by atoms with van der Waals surface area (Å²) in [5, 5.41) is 7.43. The Labute approximate surface area is 159 Å². The lowest BCUT2D eigenvalue weighted by Gasteiger charge is -2.29. The van der Waals surface area contributed by atoms with Gasteiger partial charge in [-0.05, 0) is 13.3 Å². The van der Waals surface area contributed by atoms with Gasteiger partial charge in [0, 0.05) is 39.0 Å². The zero-order chi connectivity index (χ0) is 19.7. The molecule has 1 aliphatic rings. The van der Waals surface area contributed by atoms with Crippen molar-refractivity contribution >= 4 is 17.7 Å². The topological polar surface area (TPSA) is 100 Å². The summed E-state index contributed by atoms with van der Waals surface area (Å²) in [6.07, 6.45) is 0.707.